The Morgan fingerprint density at radius 2 is 0.824 bits per heavy atom. The van der Waals surface area contributed by atoms with Crippen LogP contribution in [0.3, 0.4) is 0 Å². The van der Waals surface area contributed by atoms with E-state index in [0.29, 0.717) is 0 Å². The van der Waals surface area contributed by atoms with E-state index < -0.39 is 0 Å². The van der Waals surface area contributed by atoms with E-state index in [9.17, 15) is 0 Å². The van der Waals surface area contributed by atoms with Gasteiger partial charge in [0.15, 0.2) is 0 Å². The maximum atomic E-state index is 6.52. The van der Waals surface area contributed by atoms with Crippen molar-refractivity contribution >= 4 is 136 Å². The molecule has 18 rings (SSSR count). The lowest BCUT2D eigenvalue weighted by molar-refractivity contribution is 0.669. The van der Waals surface area contributed by atoms with E-state index in [-0.39, 0.29) is 0 Å². The lowest BCUT2D eigenvalue weighted by Crippen LogP contribution is -2.11. The fourth-order valence-corrected chi connectivity index (χ4v) is 15.1. The van der Waals surface area contributed by atoms with Gasteiger partial charge in [-0.15, -0.1) is 11.3 Å². The largest absolute Gasteiger partial charge is 0.456 e. The molecule has 0 aliphatic heterocycles. The van der Waals surface area contributed by atoms with Gasteiger partial charge in [0, 0.05) is 97.4 Å². The summed E-state index contributed by atoms with van der Waals surface area (Å²) < 4.78 is 16.3. The second-order valence-corrected chi connectivity index (χ2v) is 23.5. The predicted molar refractivity (Wildman–Crippen MR) is 360 cm³/mol. The fourth-order valence-electron chi connectivity index (χ4n) is 13.9. The minimum atomic E-state index is 0.878. The fraction of sp³-hybridized carbons (Fsp3) is 0.0127. The first-order chi connectivity index (χ1) is 42.1. The van der Waals surface area contributed by atoms with Gasteiger partial charge in [-0.1, -0.05) is 146 Å². The number of nitrogens with zero attached hydrogens (tertiary/aromatic N) is 4. The minimum absolute atomic E-state index is 0.878. The first kappa shape index (κ1) is 47.7. The van der Waals surface area contributed by atoms with Crippen molar-refractivity contribution in [2.45, 2.75) is 6.92 Å². The maximum Gasteiger partial charge on any atom is 0.135 e. The summed E-state index contributed by atoms with van der Waals surface area (Å²) in [5.74, 6) is 0. The Morgan fingerprint density at radius 1 is 0.306 bits per heavy atom. The van der Waals surface area contributed by atoms with Gasteiger partial charge in [-0.05, 0) is 174 Å². The van der Waals surface area contributed by atoms with Crippen molar-refractivity contribution in [2.24, 2.45) is 0 Å². The van der Waals surface area contributed by atoms with E-state index in [0.717, 1.165) is 67.2 Å². The Kier molecular flexibility index (Phi) is 10.4. The van der Waals surface area contributed by atoms with Crippen LogP contribution in [0.2, 0.25) is 0 Å². The van der Waals surface area contributed by atoms with E-state index in [1.807, 2.05) is 11.3 Å². The lowest BCUT2D eigenvalue weighted by Gasteiger charge is -2.27. The van der Waals surface area contributed by atoms with Crippen LogP contribution in [0.15, 0.2) is 290 Å². The van der Waals surface area contributed by atoms with Crippen molar-refractivity contribution in [3.63, 3.8) is 0 Å². The third kappa shape index (κ3) is 7.29. The number of fused-ring (bicyclic) bond motifs is 16. The van der Waals surface area contributed by atoms with Crippen molar-refractivity contribution in [1.29, 1.82) is 0 Å². The lowest BCUT2D eigenvalue weighted by atomic mass is 9.99. The highest BCUT2D eigenvalue weighted by molar-refractivity contribution is 7.26. The highest BCUT2D eigenvalue weighted by Gasteiger charge is 2.22. The second kappa shape index (κ2) is 18.5. The number of benzene rings is 13. The zero-order chi connectivity index (χ0) is 55.9. The highest BCUT2D eigenvalue weighted by atomic mass is 32.1. The number of para-hydroxylation sites is 6. The van der Waals surface area contributed by atoms with Gasteiger partial charge < -0.3 is 23.0 Å². The van der Waals surface area contributed by atoms with Crippen LogP contribution in [0.25, 0.3) is 147 Å². The van der Waals surface area contributed by atoms with Crippen LogP contribution in [0.4, 0.5) is 17.1 Å². The van der Waals surface area contributed by atoms with Crippen LogP contribution >= 0.6 is 11.3 Å². The number of aromatic nitrogens is 3. The molecule has 398 valence electrons. The Labute approximate surface area is 492 Å². The summed E-state index contributed by atoms with van der Waals surface area (Å²) in [6.45, 7) is 2.25. The van der Waals surface area contributed by atoms with Gasteiger partial charge in [0.1, 0.15) is 11.2 Å². The molecule has 6 heteroatoms. The summed E-state index contributed by atoms with van der Waals surface area (Å²) in [6.07, 6.45) is 0. The molecule has 0 saturated heterocycles. The first-order valence-corrected chi connectivity index (χ1v) is 29.9. The Hall–Kier alpha value is -10.9. The van der Waals surface area contributed by atoms with Gasteiger partial charge in [-0.3, -0.25) is 0 Å². The summed E-state index contributed by atoms with van der Waals surface area (Å²) in [6, 6.07) is 104. The molecule has 0 radical (unpaired) electrons. The molecule has 0 N–H and O–H groups in total. The Balaban J connectivity index is 0.720. The number of furan rings is 1. The first-order valence-electron chi connectivity index (χ1n) is 29.1. The molecule has 13 aromatic carbocycles. The van der Waals surface area contributed by atoms with Gasteiger partial charge in [0.25, 0.3) is 0 Å². The second-order valence-electron chi connectivity index (χ2n) is 22.5. The summed E-state index contributed by atoms with van der Waals surface area (Å²) in [5.41, 5.74) is 21.6. The molecular weight excluding hydrogens is 1050 g/mol. The molecule has 0 spiro atoms. The zero-order valence-corrected chi connectivity index (χ0v) is 47.1. The summed E-state index contributed by atoms with van der Waals surface area (Å²) in [4.78, 5) is 2.42. The topological polar surface area (TPSA) is 31.2 Å². The molecule has 5 nitrogen and oxygen atoms in total. The highest BCUT2D eigenvalue weighted by Crippen LogP contribution is 2.47. The minimum Gasteiger partial charge on any atom is -0.456 e. The number of aryl methyl sites for hydroxylation is 1. The molecule has 5 aromatic heterocycles. The third-order valence-corrected chi connectivity index (χ3v) is 18.9. The van der Waals surface area contributed by atoms with E-state index in [4.69, 9.17) is 4.42 Å². The van der Waals surface area contributed by atoms with E-state index in [1.54, 1.807) is 0 Å². The van der Waals surface area contributed by atoms with Gasteiger partial charge in [0.05, 0.1) is 33.1 Å². The van der Waals surface area contributed by atoms with Crippen LogP contribution in [0.5, 0.6) is 0 Å². The van der Waals surface area contributed by atoms with Crippen molar-refractivity contribution < 1.29 is 4.42 Å². The molecule has 5 heterocycles. The molecule has 0 fully saturated rings. The van der Waals surface area contributed by atoms with E-state index in [1.165, 1.54) is 102 Å². The van der Waals surface area contributed by atoms with Crippen LogP contribution in [-0.2, 0) is 0 Å². The van der Waals surface area contributed by atoms with Gasteiger partial charge in [0.2, 0.25) is 0 Å². The average molecular weight is 1100 g/mol. The molecule has 0 aliphatic rings. The quantitative estimate of drug-likeness (QED) is 0.152. The monoisotopic (exact) mass is 1100 g/mol. The summed E-state index contributed by atoms with van der Waals surface area (Å²) in [7, 11) is 0. The Morgan fingerprint density at radius 3 is 1.55 bits per heavy atom. The number of anilines is 3. The maximum absolute atomic E-state index is 6.52. The average Bonchev–Trinajstić information content (AvgIpc) is 2.27. The molecule has 18 aromatic rings. The van der Waals surface area contributed by atoms with Crippen molar-refractivity contribution in [3.8, 4) is 39.3 Å². The molecular formula is C79H50N4OS. The standard InChI is InChI=1S/C79H50N4OS/c1-49-43-51(52-32-38-73-64(45-52)61-25-10-14-29-71(61)81(73)55-20-6-3-7-21-55)31-37-68(49)80(54-18-4-2-5-19-54)57-35-42-77-67(48-57)62-36-39-74-78(79(62)85-77)63-26-11-15-30-72(63)83(74)56-22-16-17-50(44-56)53-33-40-75-65(46-53)66-47-58(34-41-76(66)84-75)82-69-27-12-8-23-59(69)60-24-9-13-28-70(60)82/h2-48H,1H3. The van der Waals surface area contributed by atoms with Gasteiger partial charge >= 0.3 is 0 Å². The SMILES string of the molecule is Cc1cc(-c2ccc3c(c2)c2ccccc2n3-c2ccccc2)ccc1N(c1ccccc1)c1ccc2sc3c(ccc4c3c3ccccc3n4-c3cccc(-c4ccc5oc6ccc(-n7c8ccccc8c8ccccc87)cc6c5c4)c3)c2c1. The Bertz CT molecular complexity index is 5710. The van der Waals surface area contributed by atoms with Crippen molar-refractivity contribution in [1.82, 2.24) is 13.7 Å². The molecule has 85 heavy (non-hydrogen) atoms. The van der Waals surface area contributed by atoms with Crippen molar-refractivity contribution in [3.05, 3.63) is 291 Å². The normalized spacial score (nSPS) is 12.1. The number of thiophene rings is 1. The van der Waals surface area contributed by atoms with Crippen LogP contribution in [0, 0.1) is 6.92 Å². The van der Waals surface area contributed by atoms with Gasteiger partial charge in [-0.2, -0.15) is 0 Å². The number of hydrogen-bond donors (Lipinski definition) is 0. The van der Waals surface area contributed by atoms with Crippen LogP contribution < -0.4 is 4.90 Å². The molecule has 0 bridgehead atoms. The van der Waals surface area contributed by atoms with Crippen LogP contribution in [-0.4, -0.2) is 13.7 Å². The molecule has 0 aliphatic carbocycles. The smallest absolute Gasteiger partial charge is 0.135 e. The molecule has 0 amide bonds. The molecule has 0 saturated carbocycles. The van der Waals surface area contributed by atoms with Crippen LogP contribution in [0.1, 0.15) is 5.56 Å². The summed E-state index contributed by atoms with van der Waals surface area (Å²) in [5, 5.41) is 12.2. The molecule has 0 unspecified atom stereocenters. The third-order valence-electron chi connectivity index (χ3n) is 17.7. The predicted octanol–water partition coefficient (Wildman–Crippen LogP) is 22.4. The van der Waals surface area contributed by atoms with Crippen molar-refractivity contribution in [2.75, 3.05) is 4.90 Å². The van der Waals surface area contributed by atoms with E-state index in [2.05, 4.69) is 311 Å². The van der Waals surface area contributed by atoms with Gasteiger partial charge in [-0.25, -0.2) is 0 Å². The number of hydrogen-bond acceptors (Lipinski definition) is 3. The van der Waals surface area contributed by atoms with E-state index >= 15 is 0 Å². The zero-order valence-electron chi connectivity index (χ0n) is 46.2. The molecule has 0 atom stereocenters. The summed E-state index contributed by atoms with van der Waals surface area (Å²) >= 11 is 1.89. The number of rotatable bonds is 8.